The molecule has 1 aliphatic carbocycles. The second-order valence-corrected chi connectivity index (χ2v) is 7.35. The molecule has 1 aliphatic rings. The van der Waals surface area contributed by atoms with Crippen molar-refractivity contribution in [2.24, 2.45) is 5.92 Å². The standard InChI is InChI=1S/C21H24N4O/c1-14(2)25-20-18(13-23-25)17(21(26)22-12-15-7-6-8-15)11-19(24-20)16-9-4-3-5-10-16/h3-5,9-11,13-15H,6-8,12H2,1-2H3,(H,22,26). The highest BCUT2D eigenvalue weighted by atomic mass is 16.1. The number of rotatable bonds is 5. The van der Waals surface area contributed by atoms with Crippen LogP contribution >= 0.6 is 0 Å². The molecule has 0 aliphatic heterocycles. The maximum absolute atomic E-state index is 12.9. The van der Waals surface area contributed by atoms with Gasteiger partial charge in [-0.1, -0.05) is 36.8 Å². The van der Waals surface area contributed by atoms with Gasteiger partial charge in [0.15, 0.2) is 5.65 Å². The van der Waals surface area contributed by atoms with Gasteiger partial charge in [0.25, 0.3) is 5.91 Å². The van der Waals surface area contributed by atoms with E-state index in [0.29, 0.717) is 11.5 Å². The van der Waals surface area contributed by atoms with Crippen molar-refractivity contribution in [3.05, 3.63) is 48.2 Å². The highest BCUT2D eigenvalue weighted by Gasteiger charge is 2.21. The summed E-state index contributed by atoms with van der Waals surface area (Å²) >= 11 is 0. The number of nitrogens with zero attached hydrogens (tertiary/aromatic N) is 3. The number of hydrogen-bond donors (Lipinski definition) is 1. The molecule has 0 saturated heterocycles. The molecular weight excluding hydrogens is 324 g/mol. The van der Waals surface area contributed by atoms with Crippen molar-refractivity contribution in [1.29, 1.82) is 0 Å². The molecule has 1 saturated carbocycles. The molecule has 1 aromatic carbocycles. The molecule has 26 heavy (non-hydrogen) atoms. The number of fused-ring (bicyclic) bond motifs is 1. The van der Waals surface area contributed by atoms with Gasteiger partial charge in [-0.25, -0.2) is 9.67 Å². The van der Waals surface area contributed by atoms with Gasteiger partial charge in [-0.05, 0) is 38.7 Å². The van der Waals surface area contributed by atoms with Crippen LogP contribution in [0, 0.1) is 5.92 Å². The summed E-state index contributed by atoms with van der Waals surface area (Å²) < 4.78 is 1.88. The number of benzene rings is 1. The van der Waals surface area contributed by atoms with E-state index in [9.17, 15) is 4.79 Å². The van der Waals surface area contributed by atoms with Crippen LogP contribution in [0.1, 0.15) is 49.5 Å². The molecule has 3 aromatic rings. The van der Waals surface area contributed by atoms with Crippen molar-refractivity contribution in [3.8, 4) is 11.3 Å². The summed E-state index contributed by atoms with van der Waals surface area (Å²) in [7, 11) is 0. The summed E-state index contributed by atoms with van der Waals surface area (Å²) in [5.74, 6) is 0.591. The smallest absolute Gasteiger partial charge is 0.252 e. The fraction of sp³-hybridized carbons (Fsp3) is 0.381. The maximum Gasteiger partial charge on any atom is 0.252 e. The lowest BCUT2D eigenvalue weighted by atomic mass is 9.85. The first-order valence-electron chi connectivity index (χ1n) is 9.35. The minimum atomic E-state index is -0.0372. The molecule has 2 aromatic heterocycles. The van der Waals surface area contributed by atoms with Crippen LogP contribution in [-0.2, 0) is 0 Å². The number of hydrogen-bond acceptors (Lipinski definition) is 3. The van der Waals surface area contributed by atoms with Crippen molar-refractivity contribution < 1.29 is 4.79 Å². The Labute approximate surface area is 153 Å². The maximum atomic E-state index is 12.9. The van der Waals surface area contributed by atoms with Gasteiger partial charge < -0.3 is 5.32 Å². The Bertz CT molecular complexity index is 926. The summed E-state index contributed by atoms with van der Waals surface area (Å²) in [5.41, 5.74) is 3.21. The third-order valence-corrected chi connectivity index (χ3v) is 5.15. The van der Waals surface area contributed by atoms with E-state index in [1.165, 1.54) is 19.3 Å². The summed E-state index contributed by atoms with van der Waals surface area (Å²) in [6, 6.07) is 12.0. The summed E-state index contributed by atoms with van der Waals surface area (Å²) in [6.45, 7) is 4.89. The van der Waals surface area contributed by atoms with Gasteiger partial charge in [-0.2, -0.15) is 5.10 Å². The molecular formula is C21H24N4O. The van der Waals surface area contributed by atoms with Gasteiger partial charge in [0.2, 0.25) is 0 Å². The molecule has 0 bridgehead atoms. The van der Waals surface area contributed by atoms with Crippen LogP contribution in [-0.4, -0.2) is 27.2 Å². The monoisotopic (exact) mass is 348 g/mol. The zero-order chi connectivity index (χ0) is 18.1. The Kier molecular flexibility index (Phi) is 4.45. The van der Waals surface area contributed by atoms with Crippen LogP contribution in [0.3, 0.4) is 0 Å². The average Bonchev–Trinajstić information content (AvgIpc) is 3.04. The Morgan fingerprint density at radius 3 is 2.69 bits per heavy atom. The summed E-state index contributed by atoms with van der Waals surface area (Å²) in [5, 5.41) is 8.39. The molecule has 1 fully saturated rings. The lowest BCUT2D eigenvalue weighted by Crippen LogP contribution is -2.32. The van der Waals surface area contributed by atoms with E-state index in [1.54, 1.807) is 6.20 Å². The van der Waals surface area contributed by atoms with Crippen molar-refractivity contribution in [1.82, 2.24) is 20.1 Å². The average molecular weight is 348 g/mol. The number of carbonyl (C=O) groups is 1. The van der Waals surface area contributed by atoms with Crippen molar-refractivity contribution >= 4 is 16.9 Å². The Hall–Kier alpha value is -2.69. The molecule has 0 atom stereocenters. The zero-order valence-corrected chi connectivity index (χ0v) is 15.3. The number of nitrogens with one attached hydrogen (secondary N) is 1. The van der Waals surface area contributed by atoms with Crippen molar-refractivity contribution in [2.45, 2.75) is 39.2 Å². The fourth-order valence-corrected chi connectivity index (χ4v) is 3.37. The number of aromatic nitrogens is 3. The van der Waals surface area contributed by atoms with E-state index in [4.69, 9.17) is 4.98 Å². The second-order valence-electron chi connectivity index (χ2n) is 7.35. The van der Waals surface area contributed by atoms with Crippen LogP contribution in [0.2, 0.25) is 0 Å². The first-order valence-corrected chi connectivity index (χ1v) is 9.35. The SMILES string of the molecule is CC(C)n1ncc2c(C(=O)NCC3CCC3)cc(-c3ccccc3)nc21. The van der Waals surface area contributed by atoms with Crippen molar-refractivity contribution in [2.75, 3.05) is 6.54 Å². The highest BCUT2D eigenvalue weighted by Crippen LogP contribution is 2.27. The molecule has 2 heterocycles. The minimum Gasteiger partial charge on any atom is -0.352 e. The predicted molar refractivity (Wildman–Crippen MR) is 103 cm³/mol. The van der Waals surface area contributed by atoms with Crippen LogP contribution in [0.15, 0.2) is 42.6 Å². The first-order chi connectivity index (χ1) is 12.6. The number of pyridine rings is 1. The summed E-state index contributed by atoms with van der Waals surface area (Å²) in [6.07, 6.45) is 5.47. The van der Waals surface area contributed by atoms with Gasteiger partial charge in [0.1, 0.15) is 0 Å². The van der Waals surface area contributed by atoms with Gasteiger partial charge >= 0.3 is 0 Å². The van der Waals surface area contributed by atoms with Crippen LogP contribution < -0.4 is 5.32 Å². The highest BCUT2D eigenvalue weighted by molar-refractivity contribution is 6.06. The molecule has 0 radical (unpaired) electrons. The molecule has 1 N–H and O–H groups in total. The van der Waals surface area contributed by atoms with Crippen LogP contribution in [0.5, 0.6) is 0 Å². The third kappa shape index (κ3) is 3.09. The normalized spacial score (nSPS) is 14.6. The minimum absolute atomic E-state index is 0.0372. The predicted octanol–water partition coefficient (Wildman–Crippen LogP) is 4.21. The largest absolute Gasteiger partial charge is 0.352 e. The first kappa shape index (κ1) is 16.8. The summed E-state index contributed by atoms with van der Waals surface area (Å²) in [4.78, 5) is 17.7. The van der Waals surface area contributed by atoms with Gasteiger partial charge in [0, 0.05) is 18.2 Å². The van der Waals surface area contributed by atoms with Gasteiger partial charge in [-0.15, -0.1) is 0 Å². The van der Waals surface area contributed by atoms with Crippen LogP contribution in [0.25, 0.3) is 22.3 Å². The zero-order valence-electron chi connectivity index (χ0n) is 15.3. The van der Waals surface area contributed by atoms with E-state index in [1.807, 2.05) is 41.1 Å². The lowest BCUT2D eigenvalue weighted by molar-refractivity contribution is 0.0940. The van der Waals surface area contributed by atoms with E-state index in [-0.39, 0.29) is 11.9 Å². The molecule has 134 valence electrons. The van der Waals surface area contributed by atoms with E-state index < -0.39 is 0 Å². The topological polar surface area (TPSA) is 59.8 Å². The van der Waals surface area contributed by atoms with E-state index >= 15 is 0 Å². The van der Waals surface area contributed by atoms with Gasteiger partial charge in [0.05, 0.1) is 22.8 Å². The number of amides is 1. The van der Waals surface area contributed by atoms with E-state index in [2.05, 4.69) is 24.3 Å². The van der Waals surface area contributed by atoms with Crippen molar-refractivity contribution in [3.63, 3.8) is 0 Å². The Morgan fingerprint density at radius 1 is 1.27 bits per heavy atom. The molecule has 4 rings (SSSR count). The molecule has 0 spiro atoms. The Balaban J connectivity index is 1.77. The van der Waals surface area contributed by atoms with Crippen LogP contribution in [0.4, 0.5) is 0 Å². The van der Waals surface area contributed by atoms with Gasteiger partial charge in [-0.3, -0.25) is 4.79 Å². The molecule has 0 unspecified atom stereocenters. The Morgan fingerprint density at radius 2 is 2.04 bits per heavy atom. The fourth-order valence-electron chi connectivity index (χ4n) is 3.37. The lowest BCUT2D eigenvalue weighted by Gasteiger charge is -2.25. The third-order valence-electron chi connectivity index (χ3n) is 5.15. The second kappa shape index (κ2) is 6.90. The number of carbonyl (C=O) groups excluding carboxylic acids is 1. The molecule has 5 heteroatoms. The molecule has 5 nitrogen and oxygen atoms in total. The van der Waals surface area contributed by atoms with E-state index in [0.717, 1.165) is 28.8 Å². The quantitative estimate of drug-likeness (QED) is 0.751. The molecule has 1 amide bonds.